The molecule has 0 radical (unpaired) electrons. The van der Waals surface area contributed by atoms with E-state index in [0.717, 1.165) is 30.4 Å². The van der Waals surface area contributed by atoms with Gasteiger partial charge in [-0.05, 0) is 55.8 Å². The first-order valence-corrected chi connectivity index (χ1v) is 14.8. The number of benzene rings is 4. The summed E-state index contributed by atoms with van der Waals surface area (Å²) >= 11 is 3.75. The largest absolute Gasteiger partial charge is 1.00 e. The summed E-state index contributed by atoms with van der Waals surface area (Å²) in [6.45, 7) is 9.10. The minimum atomic E-state index is -0.0992. The van der Waals surface area contributed by atoms with Gasteiger partial charge in [-0.15, -0.1) is 0 Å². The molecule has 0 fully saturated rings. The molecule has 2 heterocycles. The van der Waals surface area contributed by atoms with Crippen molar-refractivity contribution < 1.29 is 28.6 Å². The Morgan fingerprint density at radius 2 is 1.67 bits per heavy atom. The number of fused-ring (bicyclic) bond motifs is 1. The highest BCUT2D eigenvalue weighted by Crippen LogP contribution is 2.41. The zero-order valence-electron chi connectivity index (χ0n) is 23.1. The monoisotopic (exact) mass is 690 g/mol. The van der Waals surface area contributed by atoms with Crippen LogP contribution >= 0.6 is 15.9 Å². The lowest BCUT2D eigenvalue weighted by atomic mass is 9.81. The molecule has 200 valence electrons. The second-order valence-corrected chi connectivity index (χ2v) is 12.0. The number of hydrogen-bond donors (Lipinski definition) is 0. The minimum Gasteiger partial charge on any atom is -1.00 e. The second-order valence-electron chi connectivity index (χ2n) is 11.1. The molecule has 1 aliphatic heterocycles. The topological polar surface area (TPSA) is 7.94 Å². The molecule has 2 nitrogen and oxygen atoms in total. The fraction of sp³-hybridized carbons (Fsp3) is 0.286. The Morgan fingerprint density at radius 1 is 0.897 bits per heavy atom. The average molecular weight is 691 g/mol. The van der Waals surface area contributed by atoms with Crippen molar-refractivity contribution in [3.63, 3.8) is 0 Å². The van der Waals surface area contributed by atoms with Crippen molar-refractivity contribution in [2.75, 3.05) is 6.54 Å². The second kappa shape index (κ2) is 11.6. The Morgan fingerprint density at radius 3 is 2.44 bits per heavy atom. The van der Waals surface area contributed by atoms with Crippen LogP contribution in [0.1, 0.15) is 51.2 Å². The molecule has 1 aliphatic rings. The lowest BCUT2D eigenvalue weighted by molar-refractivity contribution is -0.437. The van der Waals surface area contributed by atoms with E-state index >= 15 is 0 Å². The summed E-state index contributed by atoms with van der Waals surface area (Å²) in [6, 6.07) is 31.2. The van der Waals surface area contributed by atoms with E-state index in [-0.39, 0.29) is 29.4 Å². The standard InChI is InChI=1S/C35H36BrN2.HI/c1-4-5-21-37-31-18-10-16-26-15-9-17-28(34(26)31)32(37)24-33-35(2,3)29-23-27(36)19-20-30(29)38(33)22-11-14-25-12-7-6-8-13-25;/h6-10,12-13,15-20,23-24H,4-5,11,14,21-22H2,1-3H3;1H/q+1;/p-1. The Labute approximate surface area is 257 Å². The van der Waals surface area contributed by atoms with Crippen LogP contribution in [0.2, 0.25) is 0 Å². The maximum absolute atomic E-state index is 3.75. The molecule has 0 bridgehead atoms. The predicted octanol–water partition coefficient (Wildman–Crippen LogP) is 5.57. The highest BCUT2D eigenvalue weighted by Gasteiger charge is 2.44. The summed E-state index contributed by atoms with van der Waals surface area (Å²) in [6.07, 6.45) is 7.07. The van der Waals surface area contributed by atoms with Crippen molar-refractivity contribution in [3.8, 4) is 0 Å². The number of hydrogen-bond acceptors (Lipinski definition) is 0. The summed E-state index contributed by atoms with van der Waals surface area (Å²) < 4.78 is 6.31. The number of rotatable bonds is 8. The highest BCUT2D eigenvalue weighted by molar-refractivity contribution is 9.10. The molecule has 0 spiro atoms. The van der Waals surface area contributed by atoms with Crippen LogP contribution in [0, 0.1) is 0 Å². The Balaban J connectivity index is 0.00000308. The average Bonchev–Trinajstić information content (AvgIpc) is 3.33. The summed E-state index contributed by atoms with van der Waals surface area (Å²) in [5.41, 5.74) is 6.78. The van der Waals surface area contributed by atoms with Crippen molar-refractivity contribution >= 4 is 55.1 Å². The maximum atomic E-state index is 3.75. The van der Waals surface area contributed by atoms with E-state index < -0.39 is 0 Å². The first kappa shape index (κ1) is 28.1. The van der Waals surface area contributed by atoms with Gasteiger partial charge in [-0.3, -0.25) is 0 Å². The lowest BCUT2D eigenvalue weighted by Crippen LogP contribution is -3.00. The van der Waals surface area contributed by atoms with Gasteiger partial charge >= 0.3 is 0 Å². The van der Waals surface area contributed by atoms with Gasteiger partial charge in [0.1, 0.15) is 6.54 Å². The molecule has 4 heteroatoms. The number of aromatic nitrogens is 1. The van der Waals surface area contributed by atoms with Crippen molar-refractivity contribution in [3.05, 3.63) is 106 Å². The van der Waals surface area contributed by atoms with Crippen LogP contribution in [-0.2, 0) is 18.4 Å². The first-order valence-electron chi connectivity index (χ1n) is 14.0. The van der Waals surface area contributed by atoms with E-state index in [4.69, 9.17) is 0 Å². The van der Waals surface area contributed by atoms with Gasteiger partial charge in [0.2, 0.25) is 5.69 Å². The van der Waals surface area contributed by atoms with Crippen LogP contribution in [-0.4, -0.2) is 21.4 Å². The van der Waals surface area contributed by atoms with Gasteiger partial charge in [-0.1, -0.05) is 89.9 Å². The molecule has 6 rings (SSSR count). The summed E-state index contributed by atoms with van der Waals surface area (Å²) in [5, 5.41) is 5.42. The van der Waals surface area contributed by atoms with Gasteiger partial charge < -0.3 is 28.5 Å². The van der Waals surface area contributed by atoms with Crippen LogP contribution in [0.15, 0.2) is 89.4 Å². The fourth-order valence-electron chi connectivity index (χ4n) is 6.31. The third kappa shape index (κ3) is 5.11. The normalized spacial score (nSPS) is 14.8. The zero-order chi connectivity index (χ0) is 26.3. The van der Waals surface area contributed by atoms with Crippen LogP contribution in [0.25, 0.3) is 27.8 Å². The number of nitrogens with zero attached hydrogens (tertiary/aromatic N) is 2. The van der Waals surface area contributed by atoms with Crippen molar-refractivity contribution in [2.45, 2.75) is 58.4 Å². The molecule has 39 heavy (non-hydrogen) atoms. The molecule has 1 aromatic heterocycles. The van der Waals surface area contributed by atoms with Crippen LogP contribution in [0.5, 0.6) is 0 Å². The maximum Gasteiger partial charge on any atom is 0.209 e. The van der Waals surface area contributed by atoms with Gasteiger partial charge in [-0.25, -0.2) is 0 Å². The molecule has 4 aromatic carbocycles. The van der Waals surface area contributed by atoms with E-state index in [9.17, 15) is 0 Å². The van der Waals surface area contributed by atoms with Gasteiger partial charge in [0.25, 0.3) is 0 Å². The molecule has 0 amide bonds. The Hall–Kier alpha value is -2.44. The number of halogens is 2. The van der Waals surface area contributed by atoms with Crippen molar-refractivity contribution in [1.82, 2.24) is 4.57 Å². The van der Waals surface area contributed by atoms with Gasteiger partial charge in [-0.2, -0.15) is 4.58 Å². The Kier molecular flexibility index (Phi) is 8.34. The molecule has 0 saturated heterocycles. The fourth-order valence-corrected chi connectivity index (χ4v) is 6.67. The summed E-state index contributed by atoms with van der Waals surface area (Å²) in [4.78, 5) is 0. The third-order valence-corrected chi connectivity index (χ3v) is 8.79. The SMILES string of the molecule is CCCCn1/c(=C/C2=[N+](CCCc3ccccc3)c3ccc(Br)cc3C2(C)C)c2cccc3cccc1c32.[I-]. The Bertz CT molecular complexity index is 1710. The van der Waals surface area contributed by atoms with Crippen molar-refractivity contribution in [2.24, 2.45) is 0 Å². The molecule has 5 aromatic rings. The van der Waals surface area contributed by atoms with E-state index in [2.05, 4.69) is 137 Å². The first-order chi connectivity index (χ1) is 18.5. The quantitative estimate of drug-likeness (QED) is 0.149. The van der Waals surface area contributed by atoms with E-state index in [1.807, 2.05) is 0 Å². The van der Waals surface area contributed by atoms with Gasteiger partial charge in [0, 0.05) is 51.4 Å². The van der Waals surface area contributed by atoms with Gasteiger partial charge in [0.15, 0.2) is 5.71 Å². The van der Waals surface area contributed by atoms with Crippen molar-refractivity contribution in [1.29, 1.82) is 0 Å². The molecule has 0 saturated carbocycles. The number of unbranched alkanes of at least 4 members (excludes halogenated alkanes) is 1. The van der Waals surface area contributed by atoms with Crippen LogP contribution < -0.4 is 29.3 Å². The van der Waals surface area contributed by atoms with Gasteiger partial charge in [0.05, 0.1) is 10.8 Å². The van der Waals surface area contributed by atoms with Crippen LogP contribution in [0.4, 0.5) is 5.69 Å². The molecule has 0 N–H and O–H groups in total. The molecule has 0 unspecified atom stereocenters. The third-order valence-electron chi connectivity index (χ3n) is 8.29. The summed E-state index contributed by atoms with van der Waals surface area (Å²) in [7, 11) is 0. The lowest BCUT2D eigenvalue weighted by Gasteiger charge is -2.16. The minimum absolute atomic E-state index is 0. The molecular weight excluding hydrogens is 655 g/mol. The zero-order valence-corrected chi connectivity index (χ0v) is 26.8. The molecular formula is C35H36BrIN2. The summed E-state index contributed by atoms with van der Waals surface area (Å²) in [5.74, 6) is 0. The van der Waals surface area contributed by atoms with E-state index in [1.165, 1.54) is 62.4 Å². The molecule has 0 aliphatic carbocycles. The number of aryl methyl sites for hydroxylation is 2. The van der Waals surface area contributed by atoms with Crippen LogP contribution in [0.3, 0.4) is 0 Å². The molecule has 0 atom stereocenters. The van der Waals surface area contributed by atoms with E-state index in [1.54, 1.807) is 0 Å². The smallest absolute Gasteiger partial charge is 0.209 e. The highest BCUT2D eigenvalue weighted by atomic mass is 127. The predicted molar refractivity (Wildman–Crippen MR) is 166 cm³/mol. The van der Waals surface area contributed by atoms with E-state index in [0.29, 0.717) is 0 Å².